The molecule has 0 saturated heterocycles. The van der Waals surface area contributed by atoms with Crippen LogP contribution in [0, 0.1) is 0 Å². The minimum Gasteiger partial charge on any atom is -0.486 e. The first-order chi connectivity index (χ1) is 13.2. The van der Waals surface area contributed by atoms with E-state index in [1.807, 2.05) is 24.5 Å². The average Bonchev–Trinajstić information content (AvgIpc) is 2.72. The molecule has 2 aromatic rings. The highest BCUT2D eigenvalue weighted by atomic mass is 32.2. The zero-order chi connectivity index (χ0) is 18.6. The second-order valence-electron chi connectivity index (χ2n) is 6.76. The van der Waals surface area contributed by atoms with E-state index in [1.165, 1.54) is 11.1 Å². The quantitative estimate of drug-likeness (QED) is 0.768. The summed E-state index contributed by atoms with van der Waals surface area (Å²) in [5.74, 6) is 1.49. The van der Waals surface area contributed by atoms with Crippen LogP contribution in [0.1, 0.15) is 30.0 Å². The third kappa shape index (κ3) is 4.00. The maximum Gasteiger partial charge on any atom is 0.239 e. The molecule has 1 aliphatic heterocycles. The fourth-order valence-electron chi connectivity index (χ4n) is 3.70. The van der Waals surface area contributed by atoms with Crippen molar-refractivity contribution in [1.82, 2.24) is 5.32 Å². The predicted octanol–water partition coefficient (Wildman–Crippen LogP) is 3.79. The molecule has 0 spiro atoms. The Bertz CT molecular complexity index is 840. The van der Waals surface area contributed by atoms with Crippen LogP contribution in [0.25, 0.3) is 0 Å². The van der Waals surface area contributed by atoms with E-state index in [9.17, 15) is 4.79 Å². The van der Waals surface area contributed by atoms with Gasteiger partial charge < -0.3 is 20.1 Å². The number of hydrogen-bond acceptors (Lipinski definition) is 5. The smallest absolute Gasteiger partial charge is 0.239 e. The molecule has 142 valence electrons. The molecule has 4 rings (SSSR count). The zero-order valence-corrected chi connectivity index (χ0v) is 16.2. The number of amides is 1. The SMILES string of the molecule is CSc1cc2c(cc1NCC(=O)NC1CCCc3ccccc31)OCCO2. The molecular weight excluding hydrogens is 360 g/mol. The molecule has 0 radical (unpaired) electrons. The first-order valence-corrected chi connectivity index (χ1v) is 10.6. The van der Waals surface area contributed by atoms with Gasteiger partial charge in [0.2, 0.25) is 5.91 Å². The van der Waals surface area contributed by atoms with Crippen molar-refractivity contribution in [3.8, 4) is 11.5 Å². The number of hydrogen-bond donors (Lipinski definition) is 2. The number of fused-ring (bicyclic) bond motifs is 2. The highest BCUT2D eigenvalue weighted by molar-refractivity contribution is 7.98. The molecule has 0 saturated carbocycles. The van der Waals surface area contributed by atoms with Crippen LogP contribution in [0.3, 0.4) is 0 Å². The third-order valence-electron chi connectivity index (χ3n) is 5.01. The summed E-state index contributed by atoms with van der Waals surface area (Å²) >= 11 is 1.62. The average molecular weight is 385 g/mol. The first kappa shape index (κ1) is 18.0. The molecule has 27 heavy (non-hydrogen) atoms. The van der Waals surface area contributed by atoms with Gasteiger partial charge in [-0.3, -0.25) is 4.79 Å². The largest absolute Gasteiger partial charge is 0.486 e. The van der Waals surface area contributed by atoms with Crippen molar-refractivity contribution in [1.29, 1.82) is 0 Å². The summed E-state index contributed by atoms with van der Waals surface area (Å²) in [4.78, 5) is 13.6. The van der Waals surface area contributed by atoms with E-state index in [0.717, 1.165) is 41.3 Å². The van der Waals surface area contributed by atoms with Gasteiger partial charge in [0.1, 0.15) is 13.2 Å². The van der Waals surface area contributed by atoms with Crippen LogP contribution in [0.5, 0.6) is 11.5 Å². The number of anilines is 1. The van der Waals surface area contributed by atoms with Gasteiger partial charge in [-0.1, -0.05) is 24.3 Å². The van der Waals surface area contributed by atoms with Gasteiger partial charge in [-0.2, -0.15) is 0 Å². The lowest BCUT2D eigenvalue weighted by molar-refractivity contribution is -0.120. The van der Waals surface area contributed by atoms with E-state index in [-0.39, 0.29) is 18.5 Å². The van der Waals surface area contributed by atoms with Crippen molar-refractivity contribution in [3.05, 3.63) is 47.5 Å². The minimum absolute atomic E-state index is 0.00125. The third-order valence-corrected chi connectivity index (χ3v) is 5.79. The van der Waals surface area contributed by atoms with Crippen LogP contribution >= 0.6 is 11.8 Å². The molecular formula is C21H24N2O3S. The fraction of sp³-hybridized carbons (Fsp3) is 0.381. The van der Waals surface area contributed by atoms with E-state index >= 15 is 0 Å². The van der Waals surface area contributed by atoms with Crippen molar-refractivity contribution < 1.29 is 14.3 Å². The number of benzene rings is 2. The van der Waals surface area contributed by atoms with Gasteiger partial charge in [0.25, 0.3) is 0 Å². The maximum atomic E-state index is 12.5. The topological polar surface area (TPSA) is 59.6 Å². The number of carbonyl (C=O) groups is 1. The first-order valence-electron chi connectivity index (χ1n) is 9.33. The molecule has 5 nitrogen and oxygen atoms in total. The fourth-order valence-corrected chi connectivity index (χ4v) is 4.28. The standard InChI is InChI=1S/C21H24N2O3S/c1-27-20-12-19-18(25-9-10-26-19)11-17(20)22-13-21(24)23-16-8-4-6-14-5-2-3-7-15(14)16/h2-3,5,7,11-12,16,22H,4,6,8-10,13H2,1H3,(H,23,24). The molecule has 1 heterocycles. The van der Waals surface area contributed by atoms with Crippen molar-refractivity contribution in [3.63, 3.8) is 0 Å². The Labute approximate surface area is 163 Å². The molecule has 1 amide bonds. The van der Waals surface area contributed by atoms with E-state index in [1.54, 1.807) is 11.8 Å². The Morgan fingerprint density at radius 1 is 1.19 bits per heavy atom. The van der Waals surface area contributed by atoms with E-state index < -0.39 is 0 Å². The van der Waals surface area contributed by atoms with Crippen molar-refractivity contribution in [2.75, 3.05) is 31.3 Å². The van der Waals surface area contributed by atoms with Gasteiger partial charge in [-0.15, -0.1) is 11.8 Å². The molecule has 0 fully saturated rings. The van der Waals surface area contributed by atoms with Gasteiger partial charge in [0.15, 0.2) is 11.5 Å². The van der Waals surface area contributed by atoms with Crippen LogP contribution in [0.2, 0.25) is 0 Å². The number of nitrogens with one attached hydrogen (secondary N) is 2. The summed E-state index contributed by atoms with van der Waals surface area (Å²) in [6.07, 6.45) is 5.20. The Kier molecular flexibility index (Phi) is 5.43. The molecule has 0 bridgehead atoms. The van der Waals surface area contributed by atoms with Crippen LogP contribution in [-0.2, 0) is 11.2 Å². The molecule has 0 aromatic heterocycles. The van der Waals surface area contributed by atoms with Gasteiger partial charge in [-0.05, 0) is 42.7 Å². The van der Waals surface area contributed by atoms with Gasteiger partial charge in [-0.25, -0.2) is 0 Å². The number of aryl methyl sites for hydroxylation is 1. The maximum absolute atomic E-state index is 12.5. The second kappa shape index (κ2) is 8.13. The Morgan fingerprint density at radius 2 is 1.96 bits per heavy atom. The van der Waals surface area contributed by atoms with Crippen molar-refractivity contribution in [2.24, 2.45) is 0 Å². The lowest BCUT2D eigenvalue weighted by atomic mass is 9.88. The Balaban J connectivity index is 1.41. The minimum atomic E-state index is -0.00125. The van der Waals surface area contributed by atoms with Crippen LogP contribution in [0.15, 0.2) is 41.3 Å². The highest BCUT2D eigenvalue weighted by Gasteiger charge is 2.21. The molecule has 2 aromatic carbocycles. The number of rotatable bonds is 5. The lowest BCUT2D eigenvalue weighted by Crippen LogP contribution is -2.35. The summed E-state index contributed by atoms with van der Waals surface area (Å²) in [7, 11) is 0. The van der Waals surface area contributed by atoms with Crippen LogP contribution in [0.4, 0.5) is 5.69 Å². The number of ether oxygens (including phenoxy) is 2. The number of carbonyl (C=O) groups excluding carboxylic acids is 1. The van der Waals surface area contributed by atoms with E-state index in [2.05, 4.69) is 28.8 Å². The van der Waals surface area contributed by atoms with Gasteiger partial charge in [0, 0.05) is 11.0 Å². The number of thioether (sulfide) groups is 1. The van der Waals surface area contributed by atoms with E-state index in [0.29, 0.717) is 13.2 Å². The summed E-state index contributed by atoms with van der Waals surface area (Å²) in [6, 6.07) is 12.4. The van der Waals surface area contributed by atoms with Crippen LogP contribution < -0.4 is 20.1 Å². The normalized spacial score (nSPS) is 17.7. The second-order valence-corrected chi connectivity index (χ2v) is 7.61. The van der Waals surface area contributed by atoms with Gasteiger partial charge in [0.05, 0.1) is 18.3 Å². The molecule has 1 aliphatic carbocycles. The predicted molar refractivity (Wildman–Crippen MR) is 108 cm³/mol. The van der Waals surface area contributed by atoms with E-state index in [4.69, 9.17) is 9.47 Å². The molecule has 2 aliphatic rings. The molecule has 6 heteroatoms. The van der Waals surface area contributed by atoms with Gasteiger partial charge >= 0.3 is 0 Å². The zero-order valence-electron chi connectivity index (χ0n) is 15.4. The molecule has 1 atom stereocenters. The Morgan fingerprint density at radius 3 is 2.78 bits per heavy atom. The Hall–Kier alpha value is -2.34. The summed E-state index contributed by atoms with van der Waals surface area (Å²) in [5, 5.41) is 6.44. The molecule has 2 N–H and O–H groups in total. The highest BCUT2D eigenvalue weighted by Crippen LogP contribution is 2.39. The molecule has 1 unspecified atom stereocenters. The summed E-state index contributed by atoms with van der Waals surface area (Å²) in [5.41, 5.74) is 3.49. The van der Waals surface area contributed by atoms with Crippen LogP contribution in [-0.4, -0.2) is 31.9 Å². The van der Waals surface area contributed by atoms with Crippen molar-refractivity contribution >= 4 is 23.4 Å². The monoisotopic (exact) mass is 384 g/mol. The summed E-state index contributed by atoms with van der Waals surface area (Å²) < 4.78 is 11.3. The summed E-state index contributed by atoms with van der Waals surface area (Å²) in [6.45, 7) is 1.34. The lowest BCUT2D eigenvalue weighted by Gasteiger charge is -2.26. The van der Waals surface area contributed by atoms with Crippen molar-refractivity contribution in [2.45, 2.75) is 30.2 Å².